The number of carbonyl (C=O) groups excluding carboxylic acids is 2. The van der Waals surface area contributed by atoms with Crippen molar-refractivity contribution in [3.63, 3.8) is 0 Å². The first kappa shape index (κ1) is 13.2. The monoisotopic (exact) mass is 219 g/mol. The fourth-order valence-corrected chi connectivity index (χ4v) is 1.88. The van der Waals surface area contributed by atoms with Gasteiger partial charge in [0.15, 0.2) is 0 Å². The molecule has 0 fully saturated rings. The predicted octanol–water partition coefficient (Wildman–Crippen LogP) is 0.0419. The third-order valence-corrected chi connectivity index (χ3v) is 2.81. The van der Waals surface area contributed by atoms with Crippen LogP contribution in [-0.4, -0.2) is 29.5 Å². The van der Waals surface area contributed by atoms with E-state index in [2.05, 4.69) is 6.92 Å². The first-order valence-electron chi connectivity index (χ1n) is 4.47. The van der Waals surface area contributed by atoms with Crippen LogP contribution in [0.2, 0.25) is 0 Å². The Bertz CT molecular complexity index is 199. The van der Waals surface area contributed by atoms with Gasteiger partial charge in [0.1, 0.15) is 0 Å². The van der Waals surface area contributed by atoms with Crippen LogP contribution in [0.1, 0.15) is 19.8 Å². The summed E-state index contributed by atoms with van der Waals surface area (Å²) >= 11 is 1.66. The minimum atomic E-state index is -0.796. The minimum absolute atomic E-state index is 0.308. The summed E-state index contributed by atoms with van der Waals surface area (Å²) in [5.41, 5.74) is 10.2. The molecule has 0 aliphatic heterocycles. The number of nitrogens with two attached hydrogens (primary N) is 2. The Kier molecular flexibility index (Phi) is 7.23. The van der Waals surface area contributed by atoms with Crippen molar-refractivity contribution in [1.82, 2.24) is 5.32 Å². The third kappa shape index (κ3) is 7.88. The first-order valence-corrected chi connectivity index (χ1v) is 5.52. The third-order valence-electron chi connectivity index (χ3n) is 1.57. The summed E-state index contributed by atoms with van der Waals surface area (Å²) in [6, 6.07) is -0.796. The van der Waals surface area contributed by atoms with E-state index >= 15 is 0 Å². The van der Waals surface area contributed by atoms with E-state index in [0.717, 1.165) is 6.42 Å². The lowest BCUT2D eigenvalue weighted by Gasteiger charge is -2.08. The van der Waals surface area contributed by atoms with Crippen LogP contribution in [0.5, 0.6) is 0 Å². The number of rotatable bonds is 6. The van der Waals surface area contributed by atoms with Crippen molar-refractivity contribution < 1.29 is 9.59 Å². The molecule has 0 spiro atoms. The summed E-state index contributed by atoms with van der Waals surface area (Å²) in [6.07, 6.45) is 1.24. The van der Waals surface area contributed by atoms with E-state index in [0.29, 0.717) is 24.0 Å². The molecule has 14 heavy (non-hydrogen) atoms. The molecule has 0 aliphatic carbocycles. The van der Waals surface area contributed by atoms with Crippen LogP contribution in [0.25, 0.3) is 0 Å². The molecular formula is C8H17N3O2S. The maximum absolute atomic E-state index is 10.9. The summed E-state index contributed by atoms with van der Waals surface area (Å²) in [6.45, 7) is 2.71. The zero-order chi connectivity index (χ0) is 11.0. The Hall–Kier alpha value is -0.750. The molecule has 82 valence electrons. The van der Waals surface area contributed by atoms with Gasteiger partial charge in [0.25, 0.3) is 0 Å². The number of carbonyl (C=O) groups is 2. The van der Waals surface area contributed by atoms with Crippen LogP contribution in [0, 0.1) is 0 Å². The zero-order valence-corrected chi connectivity index (χ0v) is 9.10. The van der Waals surface area contributed by atoms with E-state index in [9.17, 15) is 9.59 Å². The van der Waals surface area contributed by atoms with Crippen LogP contribution in [0.3, 0.4) is 0 Å². The number of hydrogen-bond donors (Lipinski definition) is 3. The van der Waals surface area contributed by atoms with Crippen LogP contribution in [0.15, 0.2) is 0 Å². The maximum Gasteiger partial charge on any atom is 0.318 e. The number of imide groups is 1. The summed E-state index contributed by atoms with van der Waals surface area (Å²) in [7, 11) is 0. The smallest absolute Gasteiger partial charge is 0.318 e. The van der Waals surface area contributed by atoms with Gasteiger partial charge in [-0.3, -0.25) is 10.1 Å². The quantitative estimate of drug-likeness (QED) is 0.587. The highest BCUT2D eigenvalue weighted by Crippen LogP contribution is 2.13. The van der Waals surface area contributed by atoms with E-state index in [1.165, 1.54) is 0 Å². The van der Waals surface area contributed by atoms with Gasteiger partial charge in [-0.05, 0) is 13.0 Å². The Morgan fingerprint density at radius 3 is 2.64 bits per heavy atom. The fraction of sp³-hybridized carbons (Fsp3) is 0.750. The molecule has 1 unspecified atom stereocenters. The molecule has 0 aromatic carbocycles. The van der Waals surface area contributed by atoms with Crippen molar-refractivity contribution in [2.75, 3.05) is 12.3 Å². The second-order valence-corrected chi connectivity index (χ2v) is 4.47. The average molecular weight is 219 g/mol. The Morgan fingerprint density at radius 1 is 1.50 bits per heavy atom. The first-order chi connectivity index (χ1) is 6.56. The molecule has 0 aromatic rings. The number of nitrogens with one attached hydrogen (secondary N) is 1. The molecule has 0 aliphatic rings. The number of hydrogen-bond acceptors (Lipinski definition) is 4. The van der Waals surface area contributed by atoms with E-state index in [-0.39, 0.29) is 5.91 Å². The lowest BCUT2D eigenvalue weighted by atomic mass is 10.3. The van der Waals surface area contributed by atoms with Gasteiger partial charge in [-0.25, -0.2) is 4.79 Å². The van der Waals surface area contributed by atoms with Gasteiger partial charge in [-0.15, -0.1) is 0 Å². The van der Waals surface area contributed by atoms with E-state index in [4.69, 9.17) is 11.5 Å². The van der Waals surface area contributed by atoms with Crippen LogP contribution < -0.4 is 16.8 Å². The fourth-order valence-electron chi connectivity index (χ4n) is 0.871. The van der Waals surface area contributed by atoms with E-state index < -0.39 is 6.03 Å². The van der Waals surface area contributed by atoms with Crippen molar-refractivity contribution in [2.24, 2.45) is 11.5 Å². The van der Waals surface area contributed by atoms with Gasteiger partial charge in [-0.1, -0.05) is 6.92 Å². The van der Waals surface area contributed by atoms with E-state index in [1.54, 1.807) is 11.8 Å². The number of amides is 3. The number of thioether (sulfide) groups is 1. The van der Waals surface area contributed by atoms with Crippen molar-refractivity contribution in [1.29, 1.82) is 0 Å². The molecule has 0 rings (SSSR count). The molecular weight excluding hydrogens is 202 g/mol. The highest BCUT2D eigenvalue weighted by Gasteiger charge is 2.06. The van der Waals surface area contributed by atoms with Gasteiger partial charge < -0.3 is 11.5 Å². The molecule has 0 bridgehead atoms. The summed E-state index contributed by atoms with van der Waals surface area (Å²) in [5.74, 6) is 0.352. The van der Waals surface area contributed by atoms with E-state index in [1.807, 2.05) is 5.32 Å². The van der Waals surface area contributed by atoms with Crippen LogP contribution in [-0.2, 0) is 4.79 Å². The number of primary amides is 1. The molecule has 5 N–H and O–H groups in total. The lowest BCUT2D eigenvalue weighted by Crippen LogP contribution is -2.35. The van der Waals surface area contributed by atoms with Crippen molar-refractivity contribution in [3.8, 4) is 0 Å². The standard InChI is InChI=1S/C8H17N3O2S/c1-6(2-4-9)14-5-3-7(12)11-8(10)13/h6H,2-5,9H2,1H3,(H3,10,11,12,13). The lowest BCUT2D eigenvalue weighted by molar-refractivity contribution is -0.119. The zero-order valence-electron chi connectivity index (χ0n) is 8.29. The van der Waals surface area contributed by atoms with Gasteiger partial charge in [-0.2, -0.15) is 11.8 Å². The molecule has 0 aromatic heterocycles. The Morgan fingerprint density at radius 2 is 2.14 bits per heavy atom. The summed E-state index contributed by atoms with van der Waals surface area (Å²) in [4.78, 5) is 21.2. The van der Waals surface area contributed by atoms with Gasteiger partial charge in [0.05, 0.1) is 0 Å². The maximum atomic E-state index is 10.9. The van der Waals surface area contributed by atoms with Crippen molar-refractivity contribution in [3.05, 3.63) is 0 Å². The molecule has 1 atom stereocenters. The highest BCUT2D eigenvalue weighted by molar-refractivity contribution is 7.99. The predicted molar refractivity (Wildman–Crippen MR) is 57.9 cm³/mol. The minimum Gasteiger partial charge on any atom is -0.351 e. The van der Waals surface area contributed by atoms with Crippen LogP contribution >= 0.6 is 11.8 Å². The Labute approximate surface area is 88.0 Å². The Balaban J connectivity index is 3.44. The van der Waals surface area contributed by atoms with Crippen molar-refractivity contribution in [2.45, 2.75) is 25.0 Å². The molecule has 0 radical (unpaired) electrons. The molecule has 0 saturated heterocycles. The average Bonchev–Trinajstić information content (AvgIpc) is 2.02. The van der Waals surface area contributed by atoms with Gasteiger partial charge in [0.2, 0.25) is 5.91 Å². The van der Waals surface area contributed by atoms with Gasteiger partial charge in [0, 0.05) is 17.4 Å². The molecule has 5 nitrogen and oxygen atoms in total. The normalized spacial score (nSPS) is 12.1. The van der Waals surface area contributed by atoms with Crippen molar-refractivity contribution >= 4 is 23.7 Å². The molecule has 6 heteroatoms. The summed E-state index contributed by atoms with van der Waals surface area (Å²) < 4.78 is 0. The topological polar surface area (TPSA) is 98.2 Å². The molecule has 0 heterocycles. The van der Waals surface area contributed by atoms with Gasteiger partial charge >= 0.3 is 6.03 Å². The largest absolute Gasteiger partial charge is 0.351 e. The number of urea groups is 1. The molecule has 0 saturated carbocycles. The van der Waals surface area contributed by atoms with Crippen LogP contribution in [0.4, 0.5) is 4.79 Å². The summed E-state index contributed by atoms with van der Waals surface area (Å²) in [5, 5.41) is 2.46. The molecule has 3 amide bonds. The SMILES string of the molecule is CC(CCN)SCCC(=O)NC(N)=O. The highest BCUT2D eigenvalue weighted by atomic mass is 32.2. The second-order valence-electron chi connectivity index (χ2n) is 2.92. The second kappa shape index (κ2) is 7.64.